The van der Waals surface area contributed by atoms with Crippen molar-refractivity contribution in [2.24, 2.45) is 0 Å². The summed E-state index contributed by atoms with van der Waals surface area (Å²) < 4.78 is 0. The number of hydrogen-bond donors (Lipinski definition) is 0. The molecular weight excluding hydrogens is 228 g/mol. The minimum atomic E-state index is 0.191. The Labute approximate surface area is 100 Å². The summed E-state index contributed by atoms with van der Waals surface area (Å²) in [5, 5.41) is 0.634. The maximum absolute atomic E-state index is 11.8. The third-order valence-corrected chi connectivity index (χ3v) is 3.21. The van der Waals surface area contributed by atoms with Crippen LogP contribution in [0.15, 0.2) is 23.1 Å². The van der Waals surface area contributed by atoms with Crippen molar-refractivity contribution in [3.63, 3.8) is 0 Å². The second-order valence-corrected chi connectivity index (χ2v) is 4.99. The number of rotatable bonds is 5. The Morgan fingerprint density at radius 2 is 2.13 bits per heavy atom. The molecule has 1 nitrogen and oxygen atoms in total. The first-order valence-electron chi connectivity index (χ1n) is 5.14. The summed E-state index contributed by atoms with van der Waals surface area (Å²) in [4.78, 5) is 12.9. The zero-order valence-corrected chi connectivity index (χ0v) is 10.6. The highest BCUT2D eigenvalue weighted by Crippen LogP contribution is 2.26. The van der Waals surface area contributed by atoms with E-state index < -0.39 is 0 Å². The molecule has 0 unspecified atom stereocenters. The minimum absolute atomic E-state index is 0.191. The van der Waals surface area contributed by atoms with Gasteiger partial charge in [0.1, 0.15) is 0 Å². The molecule has 0 bridgehead atoms. The largest absolute Gasteiger partial charge is 0.294 e. The van der Waals surface area contributed by atoms with Crippen molar-refractivity contribution in [1.29, 1.82) is 0 Å². The lowest BCUT2D eigenvalue weighted by Gasteiger charge is -2.07. The van der Waals surface area contributed by atoms with Gasteiger partial charge in [-0.15, -0.1) is 11.8 Å². The average Bonchev–Trinajstić information content (AvgIpc) is 2.21. The van der Waals surface area contributed by atoms with E-state index in [2.05, 4.69) is 6.92 Å². The number of Topliss-reactive ketones (excluding diaryl/α,β-unsaturated/α-hetero) is 1. The number of thioether (sulfide) groups is 1. The molecule has 0 amide bonds. The Hall–Kier alpha value is -0.470. The molecule has 15 heavy (non-hydrogen) atoms. The summed E-state index contributed by atoms with van der Waals surface area (Å²) in [5.41, 5.74) is 0.774. The van der Waals surface area contributed by atoms with Crippen LogP contribution < -0.4 is 0 Å². The summed E-state index contributed by atoms with van der Waals surface area (Å²) in [6, 6.07) is 5.54. The molecule has 0 N–H and O–H groups in total. The van der Waals surface area contributed by atoms with Crippen LogP contribution in [0.2, 0.25) is 5.02 Å². The molecule has 0 fully saturated rings. The van der Waals surface area contributed by atoms with Gasteiger partial charge in [-0.1, -0.05) is 25.4 Å². The van der Waals surface area contributed by atoms with Crippen molar-refractivity contribution in [3.05, 3.63) is 28.8 Å². The standard InChI is InChI=1S/C12H15ClOS/c1-3-5-11(14)10-8-9(13)6-7-12(10)15-4-2/h6-8H,3-5H2,1-2H3. The Morgan fingerprint density at radius 3 is 2.73 bits per heavy atom. The van der Waals surface area contributed by atoms with Crippen molar-refractivity contribution < 1.29 is 4.79 Å². The van der Waals surface area contributed by atoms with E-state index in [1.807, 2.05) is 19.1 Å². The monoisotopic (exact) mass is 242 g/mol. The fourth-order valence-corrected chi connectivity index (χ4v) is 2.34. The van der Waals surface area contributed by atoms with Gasteiger partial charge in [0.15, 0.2) is 5.78 Å². The van der Waals surface area contributed by atoms with Crippen LogP contribution in [0.25, 0.3) is 0 Å². The number of halogens is 1. The summed E-state index contributed by atoms with van der Waals surface area (Å²) in [5.74, 6) is 1.16. The predicted octanol–water partition coefficient (Wildman–Crippen LogP) is 4.43. The molecule has 0 saturated carbocycles. The van der Waals surface area contributed by atoms with Crippen LogP contribution >= 0.6 is 23.4 Å². The molecule has 3 heteroatoms. The number of carbonyl (C=O) groups excluding carboxylic acids is 1. The molecule has 0 heterocycles. The third-order valence-electron chi connectivity index (χ3n) is 2.02. The summed E-state index contributed by atoms with van der Waals surface area (Å²) in [6.07, 6.45) is 1.47. The Bertz CT molecular complexity index is 349. The minimum Gasteiger partial charge on any atom is -0.294 e. The molecule has 82 valence electrons. The molecule has 0 aliphatic heterocycles. The molecule has 0 aliphatic rings. The smallest absolute Gasteiger partial charge is 0.164 e. The van der Waals surface area contributed by atoms with E-state index in [-0.39, 0.29) is 5.78 Å². The lowest BCUT2D eigenvalue weighted by Crippen LogP contribution is -2.00. The van der Waals surface area contributed by atoms with E-state index in [1.165, 1.54) is 0 Å². The first-order chi connectivity index (χ1) is 7.19. The van der Waals surface area contributed by atoms with Crippen LogP contribution in [-0.2, 0) is 0 Å². The van der Waals surface area contributed by atoms with Gasteiger partial charge < -0.3 is 0 Å². The van der Waals surface area contributed by atoms with Crippen molar-refractivity contribution in [2.45, 2.75) is 31.6 Å². The van der Waals surface area contributed by atoms with Crippen LogP contribution in [0, 0.1) is 0 Å². The highest BCUT2D eigenvalue weighted by Gasteiger charge is 2.11. The van der Waals surface area contributed by atoms with E-state index in [0.29, 0.717) is 11.4 Å². The number of benzene rings is 1. The SMILES string of the molecule is CCCC(=O)c1cc(Cl)ccc1SCC. The predicted molar refractivity (Wildman–Crippen MR) is 67.1 cm³/mol. The lowest BCUT2D eigenvalue weighted by atomic mass is 10.1. The van der Waals surface area contributed by atoms with Gasteiger partial charge in [0.2, 0.25) is 0 Å². The number of ketones is 1. The molecule has 0 saturated heterocycles. The number of hydrogen-bond acceptors (Lipinski definition) is 2. The van der Waals surface area contributed by atoms with E-state index in [1.54, 1.807) is 17.8 Å². The van der Waals surface area contributed by atoms with Crippen molar-refractivity contribution >= 4 is 29.1 Å². The highest BCUT2D eigenvalue weighted by molar-refractivity contribution is 7.99. The van der Waals surface area contributed by atoms with E-state index in [9.17, 15) is 4.79 Å². The van der Waals surface area contributed by atoms with E-state index >= 15 is 0 Å². The van der Waals surface area contributed by atoms with Crippen LogP contribution in [-0.4, -0.2) is 11.5 Å². The molecule has 0 radical (unpaired) electrons. The average molecular weight is 243 g/mol. The second-order valence-electron chi connectivity index (χ2n) is 3.25. The van der Waals surface area contributed by atoms with Gasteiger partial charge in [0.05, 0.1) is 0 Å². The Balaban J connectivity index is 3.00. The van der Waals surface area contributed by atoms with Gasteiger partial charge in [0, 0.05) is 21.9 Å². The molecule has 1 rings (SSSR count). The summed E-state index contributed by atoms with van der Waals surface area (Å²) >= 11 is 7.59. The van der Waals surface area contributed by atoms with Gasteiger partial charge in [-0.25, -0.2) is 0 Å². The van der Waals surface area contributed by atoms with Crippen LogP contribution in [0.5, 0.6) is 0 Å². The van der Waals surface area contributed by atoms with Crippen molar-refractivity contribution in [1.82, 2.24) is 0 Å². The molecule has 0 atom stereocenters. The maximum atomic E-state index is 11.8. The van der Waals surface area contributed by atoms with Crippen molar-refractivity contribution in [3.8, 4) is 0 Å². The fraction of sp³-hybridized carbons (Fsp3) is 0.417. The van der Waals surface area contributed by atoms with Gasteiger partial charge >= 0.3 is 0 Å². The zero-order chi connectivity index (χ0) is 11.3. The molecule has 0 spiro atoms. The summed E-state index contributed by atoms with van der Waals surface area (Å²) in [7, 11) is 0. The van der Waals surface area contributed by atoms with Crippen LogP contribution in [0.3, 0.4) is 0 Å². The van der Waals surface area contributed by atoms with Crippen LogP contribution in [0.1, 0.15) is 37.0 Å². The van der Waals surface area contributed by atoms with Crippen LogP contribution in [0.4, 0.5) is 0 Å². The molecule has 0 aromatic heterocycles. The normalized spacial score (nSPS) is 10.3. The van der Waals surface area contributed by atoms with Crippen molar-refractivity contribution in [2.75, 3.05) is 5.75 Å². The Morgan fingerprint density at radius 1 is 1.40 bits per heavy atom. The van der Waals surface area contributed by atoms with Gasteiger partial charge in [-0.3, -0.25) is 4.79 Å². The second kappa shape index (κ2) is 6.19. The summed E-state index contributed by atoms with van der Waals surface area (Å²) in [6.45, 7) is 4.09. The molecule has 1 aromatic carbocycles. The molecule has 1 aromatic rings. The first-order valence-corrected chi connectivity index (χ1v) is 6.51. The Kier molecular flexibility index (Phi) is 5.20. The third kappa shape index (κ3) is 3.54. The lowest BCUT2D eigenvalue weighted by molar-refractivity contribution is 0.0979. The number of carbonyl (C=O) groups is 1. The first kappa shape index (κ1) is 12.6. The van der Waals surface area contributed by atoms with E-state index in [4.69, 9.17) is 11.6 Å². The topological polar surface area (TPSA) is 17.1 Å². The fourth-order valence-electron chi connectivity index (χ4n) is 1.36. The van der Waals surface area contributed by atoms with E-state index in [0.717, 1.165) is 22.6 Å². The highest BCUT2D eigenvalue weighted by atomic mass is 35.5. The van der Waals surface area contributed by atoms with Gasteiger partial charge in [-0.2, -0.15) is 0 Å². The zero-order valence-electron chi connectivity index (χ0n) is 9.05. The molecular formula is C12H15ClOS. The quantitative estimate of drug-likeness (QED) is 0.561. The molecule has 0 aliphatic carbocycles. The maximum Gasteiger partial charge on any atom is 0.164 e. The van der Waals surface area contributed by atoms with Gasteiger partial charge in [0.25, 0.3) is 0 Å². The van der Waals surface area contributed by atoms with Gasteiger partial charge in [-0.05, 0) is 30.4 Å².